The van der Waals surface area contributed by atoms with Gasteiger partial charge in [-0.1, -0.05) is 0 Å². The Morgan fingerprint density at radius 3 is 2.42 bits per heavy atom. The summed E-state index contributed by atoms with van der Waals surface area (Å²) >= 11 is 5.09. The molecule has 0 amide bonds. The highest BCUT2D eigenvalue weighted by Gasteiger charge is 2.16. The Kier molecular flexibility index (Phi) is 5.53. The second-order valence-electron chi connectivity index (χ2n) is 2.88. The van der Waals surface area contributed by atoms with E-state index in [2.05, 4.69) is 10.2 Å². The van der Waals surface area contributed by atoms with Crippen molar-refractivity contribution >= 4 is 29.7 Å². The lowest BCUT2D eigenvalue weighted by Gasteiger charge is -2.31. The molecule has 0 bridgehead atoms. The number of hydrogen-bond donors (Lipinski definition) is 2. The van der Waals surface area contributed by atoms with E-state index >= 15 is 0 Å². The van der Waals surface area contributed by atoms with Crippen molar-refractivity contribution in [3.63, 3.8) is 0 Å². The first kappa shape index (κ1) is 11.9. The number of piperidine rings is 1. The summed E-state index contributed by atoms with van der Waals surface area (Å²) in [4.78, 5) is 2.17. The van der Waals surface area contributed by atoms with Gasteiger partial charge in [0.05, 0.1) is 0 Å². The van der Waals surface area contributed by atoms with Gasteiger partial charge < -0.3 is 16.0 Å². The minimum absolute atomic E-state index is 0. The molecule has 1 aliphatic heterocycles. The maximum absolute atomic E-state index is 5.75. The molecular weight excluding hydrogens is 194 g/mol. The minimum Gasteiger partial charge on any atom is -0.366 e. The zero-order valence-electron chi connectivity index (χ0n) is 7.25. The van der Waals surface area contributed by atoms with Gasteiger partial charge in [0, 0.05) is 26.2 Å². The van der Waals surface area contributed by atoms with Gasteiger partial charge in [-0.05, 0) is 25.1 Å². The topological polar surface area (TPSA) is 41.3 Å². The number of rotatable bonds is 0. The molecule has 0 saturated carbocycles. The fourth-order valence-electron chi connectivity index (χ4n) is 1.26. The lowest BCUT2D eigenvalue weighted by atomic mass is 10.1. The van der Waals surface area contributed by atoms with E-state index in [1.165, 1.54) is 0 Å². The molecule has 0 aromatic carbocycles. The third-order valence-corrected chi connectivity index (χ3v) is 2.50. The van der Waals surface area contributed by atoms with Gasteiger partial charge in [0.2, 0.25) is 0 Å². The van der Waals surface area contributed by atoms with Gasteiger partial charge in [0.25, 0.3) is 0 Å². The predicted molar refractivity (Wildman–Crippen MR) is 57.7 cm³/mol. The Bertz CT molecular complexity index is 146. The second-order valence-corrected chi connectivity index (χ2v) is 3.27. The Labute approximate surface area is 85.1 Å². The quantitative estimate of drug-likeness (QED) is 0.565. The lowest BCUT2D eigenvalue weighted by Crippen LogP contribution is -2.46. The summed E-state index contributed by atoms with van der Waals surface area (Å²) in [6.07, 6.45) is 2.11. The van der Waals surface area contributed by atoms with Gasteiger partial charge in [-0.2, -0.15) is 0 Å². The molecule has 0 radical (unpaired) electrons. The number of halogens is 1. The van der Waals surface area contributed by atoms with Crippen molar-refractivity contribution in [2.24, 2.45) is 5.73 Å². The fraction of sp³-hybridized carbons (Fsp3) is 0.857. The average molecular weight is 210 g/mol. The standard InChI is InChI=1S/C7H15N3S.ClH/c1-9-7(11)10-4-2-6(8)3-5-10;/h6H,2-5,8H2,1H3,(H,9,11);1H. The Hall–Kier alpha value is -0.0600. The van der Waals surface area contributed by atoms with Crippen LogP contribution >= 0.6 is 24.6 Å². The minimum atomic E-state index is 0. The Morgan fingerprint density at radius 2 is 2.00 bits per heavy atom. The number of thiocarbonyl (C=S) groups is 1. The third-order valence-electron chi connectivity index (χ3n) is 2.04. The first-order chi connectivity index (χ1) is 5.24. The summed E-state index contributed by atoms with van der Waals surface area (Å²) in [5.74, 6) is 0. The number of nitrogens with zero attached hydrogens (tertiary/aromatic N) is 1. The molecule has 1 aliphatic rings. The van der Waals surface area contributed by atoms with Crippen LogP contribution in [-0.2, 0) is 0 Å². The van der Waals surface area contributed by atoms with Crippen molar-refractivity contribution in [1.82, 2.24) is 10.2 Å². The molecule has 0 aromatic heterocycles. The predicted octanol–water partition coefficient (Wildman–Crippen LogP) is 0.336. The molecule has 1 rings (SSSR count). The van der Waals surface area contributed by atoms with E-state index in [1.54, 1.807) is 0 Å². The van der Waals surface area contributed by atoms with Gasteiger partial charge in [-0.3, -0.25) is 0 Å². The summed E-state index contributed by atoms with van der Waals surface area (Å²) in [5, 5.41) is 3.81. The zero-order chi connectivity index (χ0) is 8.27. The van der Waals surface area contributed by atoms with Crippen LogP contribution in [0.5, 0.6) is 0 Å². The molecule has 3 N–H and O–H groups in total. The van der Waals surface area contributed by atoms with Gasteiger partial charge in [-0.15, -0.1) is 12.4 Å². The van der Waals surface area contributed by atoms with Gasteiger partial charge >= 0.3 is 0 Å². The van der Waals surface area contributed by atoms with E-state index < -0.39 is 0 Å². The molecule has 0 atom stereocenters. The molecule has 0 spiro atoms. The molecule has 0 aliphatic carbocycles. The highest BCUT2D eigenvalue weighted by Crippen LogP contribution is 2.07. The van der Waals surface area contributed by atoms with Crippen LogP contribution in [0.1, 0.15) is 12.8 Å². The molecule has 0 unspecified atom stereocenters. The highest BCUT2D eigenvalue weighted by atomic mass is 35.5. The summed E-state index contributed by atoms with van der Waals surface area (Å²) in [6.45, 7) is 2.00. The number of nitrogens with two attached hydrogens (primary N) is 1. The van der Waals surface area contributed by atoms with Crippen LogP contribution < -0.4 is 11.1 Å². The molecule has 1 saturated heterocycles. The Balaban J connectivity index is 0.00000121. The van der Waals surface area contributed by atoms with Crippen LogP contribution in [0, 0.1) is 0 Å². The smallest absolute Gasteiger partial charge is 0.168 e. The monoisotopic (exact) mass is 209 g/mol. The second kappa shape index (κ2) is 5.56. The fourth-order valence-corrected chi connectivity index (χ4v) is 1.44. The third kappa shape index (κ3) is 3.13. The maximum Gasteiger partial charge on any atom is 0.168 e. The zero-order valence-corrected chi connectivity index (χ0v) is 8.88. The molecule has 72 valence electrons. The number of hydrogen-bond acceptors (Lipinski definition) is 2. The molecular formula is C7H16ClN3S. The molecule has 3 nitrogen and oxygen atoms in total. The van der Waals surface area contributed by atoms with Crippen LogP contribution in [-0.4, -0.2) is 36.2 Å². The van der Waals surface area contributed by atoms with E-state index in [-0.39, 0.29) is 12.4 Å². The summed E-state index contributed by atoms with van der Waals surface area (Å²) in [5.41, 5.74) is 5.75. The van der Waals surface area contributed by atoms with Crippen molar-refractivity contribution in [2.75, 3.05) is 20.1 Å². The van der Waals surface area contributed by atoms with E-state index in [4.69, 9.17) is 18.0 Å². The van der Waals surface area contributed by atoms with Crippen molar-refractivity contribution in [2.45, 2.75) is 18.9 Å². The van der Waals surface area contributed by atoms with Crippen molar-refractivity contribution in [1.29, 1.82) is 0 Å². The first-order valence-corrected chi connectivity index (χ1v) is 4.37. The van der Waals surface area contributed by atoms with Gasteiger partial charge in [0.1, 0.15) is 0 Å². The number of likely N-dealkylation sites (tertiary alicyclic amines) is 1. The van der Waals surface area contributed by atoms with Crippen molar-refractivity contribution in [3.05, 3.63) is 0 Å². The van der Waals surface area contributed by atoms with E-state index in [0.717, 1.165) is 31.0 Å². The largest absolute Gasteiger partial charge is 0.366 e. The van der Waals surface area contributed by atoms with Crippen LogP contribution in [0.4, 0.5) is 0 Å². The molecule has 0 aromatic rings. The summed E-state index contributed by atoms with van der Waals surface area (Å²) in [7, 11) is 1.86. The highest BCUT2D eigenvalue weighted by molar-refractivity contribution is 7.80. The first-order valence-electron chi connectivity index (χ1n) is 3.96. The molecule has 12 heavy (non-hydrogen) atoms. The van der Waals surface area contributed by atoms with Crippen LogP contribution in [0.15, 0.2) is 0 Å². The van der Waals surface area contributed by atoms with Gasteiger partial charge in [0.15, 0.2) is 5.11 Å². The van der Waals surface area contributed by atoms with Crippen molar-refractivity contribution in [3.8, 4) is 0 Å². The van der Waals surface area contributed by atoms with Crippen molar-refractivity contribution < 1.29 is 0 Å². The van der Waals surface area contributed by atoms with E-state index in [0.29, 0.717) is 6.04 Å². The van der Waals surface area contributed by atoms with E-state index in [9.17, 15) is 0 Å². The normalized spacial score (nSPS) is 18.3. The SMILES string of the molecule is CNC(=S)N1CCC(N)CC1.Cl. The summed E-state index contributed by atoms with van der Waals surface area (Å²) in [6, 6.07) is 0.380. The van der Waals surface area contributed by atoms with Crippen LogP contribution in [0.2, 0.25) is 0 Å². The van der Waals surface area contributed by atoms with Crippen LogP contribution in [0.25, 0.3) is 0 Å². The molecule has 1 heterocycles. The number of nitrogens with one attached hydrogen (secondary N) is 1. The molecule has 5 heteroatoms. The van der Waals surface area contributed by atoms with Gasteiger partial charge in [-0.25, -0.2) is 0 Å². The lowest BCUT2D eigenvalue weighted by molar-refractivity contribution is 0.312. The van der Waals surface area contributed by atoms with E-state index in [1.807, 2.05) is 7.05 Å². The summed E-state index contributed by atoms with van der Waals surface area (Å²) < 4.78 is 0. The maximum atomic E-state index is 5.75. The van der Waals surface area contributed by atoms with Crippen LogP contribution in [0.3, 0.4) is 0 Å². The Morgan fingerprint density at radius 1 is 1.50 bits per heavy atom. The average Bonchev–Trinajstić information content (AvgIpc) is 2.05. The molecule has 1 fully saturated rings.